The van der Waals surface area contributed by atoms with Crippen LogP contribution in [0.4, 0.5) is 0 Å². The molecule has 0 radical (unpaired) electrons. The average molecular weight is 231 g/mol. The number of nitrogens with zero attached hydrogens (tertiary/aromatic N) is 3. The third kappa shape index (κ3) is 2.75. The first-order chi connectivity index (χ1) is 8.16. The minimum atomic E-state index is -0.0243. The number of Topliss-reactive ketones (excluding diaryl/α,β-unsaturated/α-hetero) is 1. The van der Waals surface area contributed by atoms with Crippen LogP contribution in [-0.4, -0.2) is 20.9 Å². The van der Waals surface area contributed by atoms with Gasteiger partial charge in [0.05, 0.1) is 6.42 Å². The fourth-order valence-electron chi connectivity index (χ4n) is 1.29. The van der Waals surface area contributed by atoms with Crippen LogP contribution >= 0.6 is 0 Å². The van der Waals surface area contributed by atoms with Crippen LogP contribution in [0, 0.1) is 5.92 Å². The molecule has 0 saturated carbocycles. The Labute approximate surface area is 98.9 Å². The van der Waals surface area contributed by atoms with Crippen LogP contribution in [0.5, 0.6) is 0 Å². The van der Waals surface area contributed by atoms with E-state index in [1.54, 1.807) is 18.5 Å². The fourth-order valence-corrected chi connectivity index (χ4v) is 1.29. The standard InChI is InChI=1S/C12H13N3O2/c1-8(2)10(16)6-11-14-12(15-17-11)9-4-3-5-13-7-9/h3-5,7-8H,6H2,1-2H3. The van der Waals surface area contributed by atoms with Gasteiger partial charge in [-0.2, -0.15) is 4.98 Å². The normalized spacial score (nSPS) is 10.8. The summed E-state index contributed by atoms with van der Waals surface area (Å²) in [6.45, 7) is 3.70. The molecule has 0 aliphatic rings. The summed E-state index contributed by atoms with van der Waals surface area (Å²) in [5.74, 6) is 0.877. The molecule has 0 aliphatic carbocycles. The Balaban J connectivity index is 2.14. The quantitative estimate of drug-likeness (QED) is 0.803. The highest BCUT2D eigenvalue weighted by Gasteiger charge is 2.14. The minimum Gasteiger partial charge on any atom is -0.338 e. The van der Waals surface area contributed by atoms with E-state index in [4.69, 9.17) is 4.52 Å². The Morgan fingerprint density at radius 2 is 2.29 bits per heavy atom. The lowest BCUT2D eigenvalue weighted by Crippen LogP contribution is -2.10. The molecular weight excluding hydrogens is 218 g/mol. The molecule has 0 fully saturated rings. The molecule has 0 amide bonds. The van der Waals surface area contributed by atoms with E-state index in [0.29, 0.717) is 11.7 Å². The molecule has 0 atom stereocenters. The maximum absolute atomic E-state index is 11.5. The highest BCUT2D eigenvalue weighted by Crippen LogP contribution is 2.14. The van der Waals surface area contributed by atoms with Crippen molar-refractivity contribution in [1.29, 1.82) is 0 Å². The number of pyridine rings is 1. The third-order valence-corrected chi connectivity index (χ3v) is 2.36. The maximum atomic E-state index is 11.5. The molecule has 2 rings (SSSR count). The van der Waals surface area contributed by atoms with Crippen LogP contribution in [0.25, 0.3) is 11.4 Å². The summed E-state index contributed by atoms with van der Waals surface area (Å²) in [7, 11) is 0. The van der Waals surface area contributed by atoms with Gasteiger partial charge in [-0.3, -0.25) is 9.78 Å². The Bertz CT molecular complexity index is 505. The second-order valence-electron chi connectivity index (χ2n) is 4.05. The van der Waals surface area contributed by atoms with Crippen LogP contribution in [0.1, 0.15) is 19.7 Å². The molecule has 2 aromatic heterocycles. The van der Waals surface area contributed by atoms with Gasteiger partial charge in [-0.15, -0.1) is 0 Å². The van der Waals surface area contributed by atoms with Crippen molar-refractivity contribution in [3.8, 4) is 11.4 Å². The molecule has 0 N–H and O–H groups in total. The number of hydrogen-bond donors (Lipinski definition) is 0. The second kappa shape index (κ2) is 4.86. The Hall–Kier alpha value is -2.04. The van der Waals surface area contributed by atoms with Gasteiger partial charge in [-0.25, -0.2) is 0 Å². The van der Waals surface area contributed by atoms with Crippen LogP contribution < -0.4 is 0 Å². The monoisotopic (exact) mass is 231 g/mol. The summed E-state index contributed by atoms with van der Waals surface area (Å²) in [5.41, 5.74) is 0.777. The highest BCUT2D eigenvalue weighted by atomic mass is 16.5. The zero-order valence-electron chi connectivity index (χ0n) is 9.75. The number of hydrogen-bond acceptors (Lipinski definition) is 5. The van der Waals surface area contributed by atoms with Crippen molar-refractivity contribution in [2.24, 2.45) is 5.92 Å². The lowest BCUT2D eigenvalue weighted by molar-refractivity contribution is -0.121. The van der Waals surface area contributed by atoms with Crippen molar-refractivity contribution in [2.75, 3.05) is 0 Å². The van der Waals surface area contributed by atoms with E-state index in [1.807, 2.05) is 19.9 Å². The van der Waals surface area contributed by atoms with Gasteiger partial charge < -0.3 is 4.52 Å². The molecule has 0 bridgehead atoms. The number of rotatable bonds is 4. The number of aromatic nitrogens is 3. The predicted molar refractivity (Wildman–Crippen MR) is 61.1 cm³/mol. The fraction of sp³-hybridized carbons (Fsp3) is 0.333. The molecule has 0 spiro atoms. The van der Waals surface area contributed by atoms with E-state index in [0.717, 1.165) is 5.56 Å². The molecule has 5 nitrogen and oxygen atoms in total. The number of carbonyl (C=O) groups is 1. The van der Waals surface area contributed by atoms with Crippen LogP contribution in [0.2, 0.25) is 0 Å². The smallest absolute Gasteiger partial charge is 0.234 e. The number of carbonyl (C=O) groups excluding carboxylic acids is 1. The van der Waals surface area contributed by atoms with E-state index in [-0.39, 0.29) is 18.1 Å². The van der Waals surface area contributed by atoms with Crippen molar-refractivity contribution < 1.29 is 9.32 Å². The topological polar surface area (TPSA) is 68.9 Å². The Morgan fingerprint density at radius 3 is 2.94 bits per heavy atom. The molecule has 17 heavy (non-hydrogen) atoms. The van der Waals surface area contributed by atoms with E-state index in [1.165, 1.54) is 0 Å². The van der Waals surface area contributed by atoms with Gasteiger partial charge in [0.25, 0.3) is 0 Å². The summed E-state index contributed by atoms with van der Waals surface area (Å²) in [6.07, 6.45) is 3.51. The van der Waals surface area contributed by atoms with Gasteiger partial charge in [-0.05, 0) is 12.1 Å². The first-order valence-electron chi connectivity index (χ1n) is 5.42. The Kier molecular flexibility index (Phi) is 3.27. The molecule has 88 valence electrons. The lowest BCUT2D eigenvalue weighted by Gasteiger charge is -1.98. The van der Waals surface area contributed by atoms with Crippen molar-refractivity contribution in [3.63, 3.8) is 0 Å². The van der Waals surface area contributed by atoms with Crippen LogP contribution in [0.3, 0.4) is 0 Å². The summed E-state index contributed by atoms with van der Waals surface area (Å²) in [4.78, 5) is 19.7. The third-order valence-electron chi connectivity index (χ3n) is 2.36. The van der Waals surface area contributed by atoms with Crippen molar-refractivity contribution >= 4 is 5.78 Å². The highest BCUT2D eigenvalue weighted by molar-refractivity contribution is 5.81. The second-order valence-corrected chi connectivity index (χ2v) is 4.05. The molecule has 0 aliphatic heterocycles. The predicted octanol–water partition coefficient (Wildman–Crippen LogP) is 1.90. The van der Waals surface area contributed by atoms with E-state index in [2.05, 4.69) is 15.1 Å². The summed E-state index contributed by atoms with van der Waals surface area (Å²) >= 11 is 0. The van der Waals surface area contributed by atoms with Crippen molar-refractivity contribution in [3.05, 3.63) is 30.4 Å². The largest absolute Gasteiger partial charge is 0.338 e. The van der Waals surface area contributed by atoms with Gasteiger partial charge in [0.1, 0.15) is 5.78 Å². The summed E-state index contributed by atoms with van der Waals surface area (Å²) in [6, 6.07) is 3.64. The van der Waals surface area contributed by atoms with Gasteiger partial charge >= 0.3 is 0 Å². The maximum Gasteiger partial charge on any atom is 0.234 e. The molecule has 0 unspecified atom stereocenters. The van der Waals surface area contributed by atoms with Gasteiger partial charge in [0.15, 0.2) is 0 Å². The summed E-state index contributed by atoms with van der Waals surface area (Å²) in [5, 5.41) is 3.82. The molecule has 2 heterocycles. The van der Waals surface area contributed by atoms with E-state index >= 15 is 0 Å². The minimum absolute atomic E-state index is 0.0243. The molecule has 0 aromatic carbocycles. The first-order valence-corrected chi connectivity index (χ1v) is 5.42. The summed E-state index contributed by atoms with van der Waals surface area (Å²) < 4.78 is 5.03. The molecule has 2 aromatic rings. The lowest BCUT2D eigenvalue weighted by atomic mass is 10.1. The van der Waals surface area contributed by atoms with E-state index in [9.17, 15) is 4.79 Å². The van der Waals surface area contributed by atoms with Crippen LogP contribution in [-0.2, 0) is 11.2 Å². The van der Waals surface area contributed by atoms with Crippen molar-refractivity contribution in [2.45, 2.75) is 20.3 Å². The molecule has 5 heteroatoms. The SMILES string of the molecule is CC(C)C(=O)Cc1nc(-c2cccnc2)no1. The zero-order chi connectivity index (χ0) is 12.3. The first kappa shape index (κ1) is 11.4. The average Bonchev–Trinajstić information content (AvgIpc) is 2.78. The zero-order valence-corrected chi connectivity index (χ0v) is 9.75. The molecular formula is C12H13N3O2. The Morgan fingerprint density at radius 1 is 1.47 bits per heavy atom. The van der Waals surface area contributed by atoms with E-state index < -0.39 is 0 Å². The van der Waals surface area contributed by atoms with Crippen LogP contribution in [0.15, 0.2) is 29.0 Å². The van der Waals surface area contributed by atoms with Crippen molar-refractivity contribution in [1.82, 2.24) is 15.1 Å². The van der Waals surface area contributed by atoms with Gasteiger partial charge in [0, 0.05) is 23.9 Å². The number of ketones is 1. The van der Waals surface area contributed by atoms with Gasteiger partial charge in [0.2, 0.25) is 11.7 Å². The molecule has 0 saturated heterocycles. The van der Waals surface area contributed by atoms with Gasteiger partial charge in [-0.1, -0.05) is 19.0 Å².